The molecule has 8 heteroatoms. The van der Waals surface area contributed by atoms with Crippen LogP contribution in [0.2, 0.25) is 0 Å². The predicted molar refractivity (Wildman–Crippen MR) is 81.1 cm³/mol. The molecule has 0 radical (unpaired) electrons. The zero-order valence-electron chi connectivity index (χ0n) is 12.7. The van der Waals surface area contributed by atoms with Gasteiger partial charge in [0.15, 0.2) is 11.5 Å². The number of anilines is 1. The Balaban J connectivity index is 1.89. The van der Waals surface area contributed by atoms with Crippen molar-refractivity contribution in [1.29, 1.82) is 0 Å². The Kier molecular flexibility index (Phi) is 3.92. The molecule has 0 aliphatic carbocycles. The molecule has 0 amide bonds. The van der Waals surface area contributed by atoms with Gasteiger partial charge in [0.05, 0.1) is 35.7 Å². The van der Waals surface area contributed by atoms with Gasteiger partial charge in [-0.3, -0.25) is 14.6 Å². The van der Waals surface area contributed by atoms with E-state index in [1.807, 2.05) is 14.0 Å². The lowest BCUT2D eigenvalue weighted by molar-refractivity contribution is 0.178. The predicted octanol–water partition coefficient (Wildman–Crippen LogP) is 1.22. The highest BCUT2D eigenvalue weighted by Gasteiger charge is 2.11. The summed E-state index contributed by atoms with van der Waals surface area (Å²) in [7, 11) is 3.47. The first-order valence-corrected chi connectivity index (χ1v) is 6.86. The van der Waals surface area contributed by atoms with E-state index in [0.29, 0.717) is 24.8 Å². The Morgan fingerprint density at radius 3 is 2.77 bits per heavy atom. The summed E-state index contributed by atoms with van der Waals surface area (Å²) in [5, 5.41) is 8.37. The maximum absolute atomic E-state index is 5.12. The Labute approximate surface area is 127 Å². The Morgan fingerprint density at radius 1 is 1.18 bits per heavy atom. The van der Waals surface area contributed by atoms with E-state index in [1.165, 1.54) is 0 Å². The number of rotatable bonds is 5. The minimum Gasteiger partial charge on any atom is -0.377 e. The number of fused-ring (bicyclic) bond motifs is 1. The number of methoxy groups -OCH3 is 1. The fraction of sp³-hybridized carbons (Fsp3) is 0.357. The van der Waals surface area contributed by atoms with Crippen molar-refractivity contribution in [2.75, 3.05) is 12.4 Å². The maximum atomic E-state index is 5.12. The first-order chi connectivity index (χ1) is 10.7. The molecule has 0 aromatic carbocycles. The minimum atomic E-state index is 0.347. The highest BCUT2D eigenvalue weighted by Crippen LogP contribution is 2.20. The van der Waals surface area contributed by atoms with Crippen molar-refractivity contribution < 1.29 is 4.74 Å². The van der Waals surface area contributed by atoms with E-state index in [2.05, 4.69) is 30.4 Å². The molecule has 0 aliphatic heterocycles. The molecule has 8 nitrogen and oxygen atoms in total. The second kappa shape index (κ2) is 6.02. The third kappa shape index (κ3) is 2.86. The number of nitrogens with zero attached hydrogens (tertiary/aromatic N) is 6. The second-order valence-electron chi connectivity index (χ2n) is 4.93. The number of hydrogen-bond donors (Lipinski definition) is 1. The van der Waals surface area contributed by atoms with E-state index in [0.717, 1.165) is 22.4 Å². The van der Waals surface area contributed by atoms with Crippen LogP contribution in [-0.2, 0) is 24.9 Å². The van der Waals surface area contributed by atoms with E-state index < -0.39 is 0 Å². The number of aromatic nitrogens is 6. The van der Waals surface area contributed by atoms with Crippen LogP contribution in [-0.4, -0.2) is 36.8 Å². The van der Waals surface area contributed by atoms with Crippen LogP contribution in [0.15, 0.2) is 18.6 Å². The Bertz CT molecular complexity index is 782. The van der Waals surface area contributed by atoms with Gasteiger partial charge in [0.25, 0.3) is 0 Å². The van der Waals surface area contributed by atoms with Crippen LogP contribution in [0.4, 0.5) is 5.82 Å². The fourth-order valence-electron chi connectivity index (χ4n) is 2.08. The molecule has 3 rings (SSSR count). The Morgan fingerprint density at radius 2 is 2.05 bits per heavy atom. The van der Waals surface area contributed by atoms with E-state index >= 15 is 0 Å². The second-order valence-corrected chi connectivity index (χ2v) is 4.93. The van der Waals surface area contributed by atoms with Crippen LogP contribution in [0.5, 0.6) is 0 Å². The molecule has 3 aromatic rings. The fourth-order valence-corrected chi connectivity index (χ4v) is 2.08. The third-order valence-corrected chi connectivity index (χ3v) is 3.18. The van der Waals surface area contributed by atoms with Crippen molar-refractivity contribution in [2.45, 2.75) is 20.1 Å². The lowest BCUT2D eigenvalue weighted by Gasteiger charge is -2.08. The minimum absolute atomic E-state index is 0.347. The van der Waals surface area contributed by atoms with Crippen molar-refractivity contribution in [3.05, 3.63) is 35.8 Å². The van der Waals surface area contributed by atoms with Gasteiger partial charge in [0, 0.05) is 20.4 Å². The summed E-state index contributed by atoms with van der Waals surface area (Å²) in [5.41, 5.74) is 2.50. The molecule has 1 N–H and O–H groups in total. The van der Waals surface area contributed by atoms with E-state index in [9.17, 15) is 0 Å². The largest absolute Gasteiger partial charge is 0.377 e. The third-order valence-electron chi connectivity index (χ3n) is 3.18. The van der Waals surface area contributed by atoms with Crippen LogP contribution in [0, 0.1) is 6.92 Å². The first kappa shape index (κ1) is 14.3. The Hall–Kier alpha value is -2.61. The monoisotopic (exact) mass is 299 g/mol. The summed E-state index contributed by atoms with van der Waals surface area (Å²) in [5.74, 6) is 1.32. The molecule has 3 aromatic heterocycles. The van der Waals surface area contributed by atoms with Crippen molar-refractivity contribution in [2.24, 2.45) is 7.05 Å². The van der Waals surface area contributed by atoms with Crippen molar-refractivity contribution in [3.8, 4) is 0 Å². The molecular formula is C14H17N7O. The van der Waals surface area contributed by atoms with E-state index in [1.54, 1.807) is 30.4 Å². The summed E-state index contributed by atoms with van der Waals surface area (Å²) in [6, 6.07) is 0. The van der Waals surface area contributed by atoms with Crippen LogP contribution >= 0.6 is 0 Å². The molecule has 0 bridgehead atoms. The van der Waals surface area contributed by atoms with Gasteiger partial charge in [-0.15, -0.1) is 0 Å². The summed E-state index contributed by atoms with van der Waals surface area (Å²) in [6.07, 6.45) is 5.24. The van der Waals surface area contributed by atoms with Gasteiger partial charge in [-0.25, -0.2) is 9.97 Å². The molecular weight excluding hydrogens is 282 g/mol. The van der Waals surface area contributed by atoms with Gasteiger partial charge in [0.1, 0.15) is 12.4 Å². The van der Waals surface area contributed by atoms with Crippen LogP contribution in [0.1, 0.15) is 17.2 Å². The highest BCUT2D eigenvalue weighted by molar-refractivity contribution is 5.86. The first-order valence-electron chi connectivity index (χ1n) is 6.86. The van der Waals surface area contributed by atoms with Crippen molar-refractivity contribution in [1.82, 2.24) is 29.7 Å². The molecule has 114 valence electrons. The molecule has 0 saturated heterocycles. The quantitative estimate of drug-likeness (QED) is 0.757. The SMILES string of the molecule is COCc1nc(NCc2cnc(C)cn2)c2cnn(C)c2n1. The molecule has 0 spiro atoms. The summed E-state index contributed by atoms with van der Waals surface area (Å²) in [6.45, 7) is 2.78. The number of hydrogen-bond acceptors (Lipinski definition) is 7. The van der Waals surface area contributed by atoms with Gasteiger partial charge in [-0.05, 0) is 6.92 Å². The summed E-state index contributed by atoms with van der Waals surface area (Å²) >= 11 is 0. The van der Waals surface area contributed by atoms with Gasteiger partial charge in [-0.2, -0.15) is 5.10 Å². The normalized spacial score (nSPS) is 11.0. The molecule has 0 saturated carbocycles. The van der Waals surface area contributed by atoms with E-state index in [-0.39, 0.29) is 0 Å². The molecule has 0 unspecified atom stereocenters. The topological polar surface area (TPSA) is 90.6 Å². The molecule has 3 heterocycles. The van der Waals surface area contributed by atoms with Gasteiger partial charge >= 0.3 is 0 Å². The molecule has 22 heavy (non-hydrogen) atoms. The van der Waals surface area contributed by atoms with Gasteiger partial charge < -0.3 is 10.1 Å². The molecule has 0 fully saturated rings. The summed E-state index contributed by atoms with van der Waals surface area (Å²) in [4.78, 5) is 17.5. The number of ether oxygens (including phenoxy) is 1. The van der Waals surface area contributed by atoms with Crippen molar-refractivity contribution >= 4 is 16.9 Å². The molecule has 0 aliphatic rings. The standard InChI is InChI=1S/C14H17N7O/c1-9-4-16-10(5-15-9)6-17-13-11-7-18-21(2)14(11)20-12(19-13)8-22-3/h4-5,7H,6,8H2,1-3H3,(H,17,19,20). The van der Waals surface area contributed by atoms with Crippen molar-refractivity contribution in [3.63, 3.8) is 0 Å². The smallest absolute Gasteiger partial charge is 0.163 e. The van der Waals surface area contributed by atoms with Crippen LogP contribution in [0.25, 0.3) is 11.0 Å². The molecule has 0 atom stereocenters. The maximum Gasteiger partial charge on any atom is 0.163 e. The van der Waals surface area contributed by atoms with Crippen LogP contribution in [0.3, 0.4) is 0 Å². The lowest BCUT2D eigenvalue weighted by Crippen LogP contribution is -2.08. The lowest BCUT2D eigenvalue weighted by atomic mass is 10.3. The summed E-state index contributed by atoms with van der Waals surface area (Å²) < 4.78 is 6.83. The average Bonchev–Trinajstić information content (AvgIpc) is 2.89. The van der Waals surface area contributed by atoms with Gasteiger partial charge in [-0.1, -0.05) is 0 Å². The highest BCUT2D eigenvalue weighted by atomic mass is 16.5. The van der Waals surface area contributed by atoms with Crippen LogP contribution < -0.4 is 5.32 Å². The number of aryl methyl sites for hydroxylation is 2. The zero-order chi connectivity index (χ0) is 15.5. The zero-order valence-corrected chi connectivity index (χ0v) is 12.7. The van der Waals surface area contributed by atoms with Gasteiger partial charge in [0.2, 0.25) is 0 Å². The average molecular weight is 299 g/mol. The van der Waals surface area contributed by atoms with E-state index in [4.69, 9.17) is 4.74 Å². The number of nitrogens with one attached hydrogen (secondary N) is 1.